The molecule has 0 fully saturated rings. The Morgan fingerprint density at radius 1 is 0.594 bits per heavy atom. The van der Waals surface area contributed by atoms with Gasteiger partial charge in [0.25, 0.3) is 0 Å². The Bertz CT molecular complexity index is 1200. The zero-order valence-corrected chi connectivity index (χ0v) is 18.7. The second-order valence-electron chi connectivity index (χ2n) is 8.63. The molecule has 0 spiro atoms. The number of para-hydroxylation sites is 1. The van der Waals surface area contributed by atoms with Crippen LogP contribution in [-0.4, -0.2) is 0 Å². The molecular weight excluding hydrogens is 386 g/mol. The molecule has 5 rings (SSSR count). The van der Waals surface area contributed by atoms with Gasteiger partial charge in [0.15, 0.2) is 0 Å². The smallest absolute Gasteiger partial charge is 0.0496 e. The summed E-state index contributed by atoms with van der Waals surface area (Å²) in [5.74, 6) is 0. The van der Waals surface area contributed by atoms with Crippen molar-refractivity contribution in [3.63, 3.8) is 0 Å². The van der Waals surface area contributed by atoms with Gasteiger partial charge in [-0.05, 0) is 85.2 Å². The van der Waals surface area contributed by atoms with Gasteiger partial charge in [-0.2, -0.15) is 0 Å². The predicted molar refractivity (Wildman–Crippen MR) is 138 cm³/mol. The number of aryl methyl sites for hydroxylation is 2. The van der Waals surface area contributed by atoms with Crippen LogP contribution in [0.1, 0.15) is 40.7 Å². The van der Waals surface area contributed by atoms with Gasteiger partial charge in [-0.1, -0.05) is 84.4 Å². The van der Waals surface area contributed by atoms with Gasteiger partial charge >= 0.3 is 0 Å². The van der Waals surface area contributed by atoms with Crippen LogP contribution in [-0.2, 0) is 12.8 Å². The standard InChI is InChI=1S/C31H29N/c1-24-14-16-25(17-15-24)18-19-26-20-22-29(23-21-26)32(28-10-3-2-4-11-28)31-13-7-9-27-8-5-6-12-30(27)31/h2-4,7,9-11,13-23H,5-6,8,12H2,1H3. The molecule has 0 radical (unpaired) electrons. The topological polar surface area (TPSA) is 3.24 Å². The molecule has 1 aliphatic carbocycles. The van der Waals surface area contributed by atoms with E-state index in [0.29, 0.717) is 0 Å². The van der Waals surface area contributed by atoms with Crippen LogP contribution in [0, 0.1) is 6.92 Å². The molecule has 0 aromatic heterocycles. The highest BCUT2D eigenvalue weighted by Crippen LogP contribution is 2.39. The van der Waals surface area contributed by atoms with E-state index in [-0.39, 0.29) is 0 Å². The van der Waals surface area contributed by atoms with E-state index in [0.717, 1.165) is 6.42 Å². The average Bonchev–Trinajstić information content (AvgIpc) is 2.85. The second-order valence-corrected chi connectivity index (χ2v) is 8.63. The van der Waals surface area contributed by atoms with Crippen LogP contribution >= 0.6 is 0 Å². The Balaban J connectivity index is 1.50. The second kappa shape index (κ2) is 9.28. The zero-order valence-electron chi connectivity index (χ0n) is 18.7. The fourth-order valence-corrected chi connectivity index (χ4v) is 4.58. The molecule has 4 aromatic carbocycles. The van der Waals surface area contributed by atoms with Crippen molar-refractivity contribution >= 4 is 29.2 Å². The van der Waals surface area contributed by atoms with Crippen molar-refractivity contribution in [2.45, 2.75) is 32.6 Å². The number of nitrogens with zero attached hydrogens (tertiary/aromatic N) is 1. The molecule has 158 valence electrons. The SMILES string of the molecule is Cc1ccc(C=Cc2ccc(N(c3ccccc3)c3cccc4c3CCCC4)cc2)cc1. The van der Waals surface area contributed by atoms with Gasteiger partial charge in [-0.25, -0.2) is 0 Å². The van der Waals surface area contributed by atoms with E-state index < -0.39 is 0 Å². The highest BCUT2D eigenvalue weighted by molar-refractivity contribution is 5.80. The zero-order chi connectivity index (χ0) is 21.8. The maximum atomic E-state index is 2.41. The molecule has 0 bridgehead atoms. The molecule has 0 atom stereocenters. The summed E-state index contributed by atoms with van der Waals surface area (Å²) in [7, 11) is 0. The maximum Gasteiger partial charge on any atom is 0.0496 e. The average molecular weight is 416 g/mol. The van der Waals surface area contributed by atoms with Crippen molar-refractivity contribution < 1.29 is 0 Å². The van der Waals surface area contributed by atoms with E-state index in [1.165, 1.54) is 64.1 Å². The summed E-state index contributed by atoms with van der Waals surface area (Å²) < 4.78 is 0. The van der Waals surface area contributed by atoms with Crippen molar-refractivity contribution in [2.24, 2.45) is 0 Å². The van der Waals surface area contributed by atoms with E-state index in [2.05, 4.69) is 121 Å². The van der Waals surface area contributed by atoms with E-state index in [9.17, 15) is 0 Å². The summed E-state index contributed by atoms with van der Waals surface area (Å²) in [5.41, 5.74) is 10.4. The third-order valence-electron chi connectivity index (χ3n) is 6.32. The molecule has 1 nitrogen and oxygen atoms in total. The molecule has 0 unspecified atom stereocenters. The highest BCUT2D eigenvalue weighted by Gasteiger charge is 2.19. The van der Waals surface area contributed by atoms with E-state index in [1.54, 1.807) is 0 Å². The van der Waals surface area contributed by atoms with E-state index in [4.69, 9.17) is 0 Å². The molecule has 32 heavy (non-hydrogen) atoms. The number of hydrogen-bond donors (Lipinski definition) is 0. The fraction of sp³-hybridized carbons (Fsp3) is 0.161. The maximum absolute atomic E-state index is 2.41. The minimum Gasteiger partial charge on any atom is -0.310 e. The van der Waals surface area contributed by atoms with Crippen LogP contribution < -0.4 is 4.90 Å². The van der Waals surface area contributed by atoms with Crippen LogP contribution in [0.25, 0.3) is 12.2 Å². The van der Waals surface area contributed by atoms with Crippen LogP contribution in [0.5, 0.6) is 0 Å². The molecule has 1 aliphatic rings. The van der Waals surface area contributed by atoms with Gasteiger partial charge in [0, 0.05) is 17.1 Å². The molecule has 0 aliphatic heterocycles. The molecule has 0 amide bonds. The molecule has 1 heteroatoms. The Morgan fingerprint density at radius 2 is 1.22 bits per heavy atom. The lowest BCUT2D eigenvalue weighted by molar-refractivity contribution is 0.686. The van der Waals surface area contributed by atoms with Gasteiger partial charge in [0.2, 0.25) is 0 Å². The number of fused-ring (bicyclic) bond motifs is 1. The monoisotopic (exact) mass is 415 g/mol. The van der Waals surface area contributed by atoms with Crippen LogP contribution in [0.4, 0.5) is 17.1 Å². The van der Waals surface area contributed by atoms with Crippen LogP contribution in [0.3, 0.4) is 0 Å². The third-order valence-corrected chi connectivity index (χ3v) is 6.32. The third kappa shape index (κ3) is 4.38. The Kier molecular flexibility index (Phi) is 5.89. The number of hydrogen-bond acceptors (Lipinski definition) is 1. The van der Waals surface area contributed by atoms with Crippen molar-refractivity contribution in [3.05, 3.63) is 125 Å². The first-order valence-electron chi connectivity index (χ1n) is 11.6. The van der Waals surface area contributed by atoms with Crippen molar-refractivity contribution in [1.29, 1.82) is 0 Å². The normalized spacial score (nSPS) is 13.2. The van der Waals surface area contributed by atoms with E-state index >= 15 is 0 Å². The van der Waals surface area contributed by atoms with Gasteiger partial charge in [-0.3, -0.25) is 0 Å². The van der Waals surface area contributed by atoms with Gasteiger partial charge < -0.3 is 4.90 Å². The first kappa shape index (κ1) is 20.3. The highest BCUT2D eigenvalue weighted by atomic mass is 15.1. The van der Waals surface area contributed by atoms with Crippen molar-refractivity contribution in [2.75, 3.05) is 4.90 Å². The summed E-state index contributed by atoms with van der Waals surface area (Å²) in [6.45, 7) is 2.12. The summed E-state index contributed by atoms with van der Waals surface area (Å²) in [6.07, 6.45) is 9.28. The summed E-state index contributed by atoms with van der Waals surface area (Å²) in [4.78, 5) is 2.41. The Morgan fingerprint density at radius 3 is 1.94 bits per heavy atom. The van der Waals surface area contributed by atoms with Crippen LogP contribution in [0.2, 0.25) is 0 Å². The molecule has 0 saturated carbocycles. The van der Waals surface area contributed by atoms with Crippen molar-refractivity contribution in [3.8, 4) is 0 Å². The lowest BCUT2D eigenvalue weighted by atomic mass is 9.90. The quantitative estimate of drug-likeness (QED) is 0.295. The van der Waals surface area contributed by atoms with Gasteiger partial charge in [0.1, 0.15) is 0 Å². The minimum absolute atomic E-state index is 1.16. The lowest BCUT2D eigenvalue weighted by Crippen LogP contribution is -2.15. The summed E-state index contributed by atoms with van der Waals surface area (Å²) in [5, 5.41) is 0. The fourth-order valence-electron chi connectivity index (χ4n) is 4.58. The lowest BCUT2D eigenvalue weighted by Gasteiger charge is -2.30. The predicted octanol–water partition coefficient (Wildman–Crippen LogP) is 8.51. The molecule has 4 aromatic rings. The largest absolute Gasteiger partial charge is 0.310 e. The Labute approximate surface area is 191 Å². The Hall–Kier alpha value is -3.58. The molecule has 0 N–H and O–H groups in total. The van der Waals surface area contributed by atoms with E-state index in [1.807, 2.05) is 0 Å². The summed E-state index contributed by atoms with van der Waals surface area (Å²) in [6, 6.07) is 35.1. The number of rotatable bonds is 5. The molecule has 0 heterocycles. The number of anilines is 3. The summed E-state index contributed by atoms with van der Waals surface area (Å²) >= 11 is 0. The first-order valence-corrected chi connectivity index (χ1v) is 11.6. The molecule has 0 saturated heterocycles. The first-order chi connectivity index (χ1) is 15.8. The van der Waals surface area contributed by atoms with Crippen molar-refractivity contribution in [1.82, 2.24) is 0 Å². The minimum atomic E-state index is 1.16. The van der Waals surface area contributed by atoms with Crippen LogP contribution in [0.15, 0.2) is 97.1 Å². The van der Waals surface area contributed by atoms with Gasteiger partial charge in [-0.15, -0.1) is 0 Å². The number of benzene rings is 4. The van der Waals surface area contributed by atoms with Gasteiger partial charge in [0.05, 0.1) is 0 Å². The molecular formula is C31H29N.